The molecular weight excluding hydrogens is 345 g/mol. The molecule has 0 saturated carbocycles. The number of hydrogen-bond donors (Lipinski definition) is 0. The fraction of sp³-hybridized carbons (Fsp3) is 0.222. The molecule has 4 nitrogen and oxygen atoms in total. The van der Waals surface area contributed by atoms with Crippen molar-refractivity contribution in [1.29, 1.82) is 0 Å². The van der Waals surface area contributed by atoms with Crippen LogP contribution < -0.4 is 0 Å². The molecule has 0 radical (unpaired) electrons. The first-order chi connectivity index (χ1) is 11.5. The average molecular weight is 362 g/mol. The van der Waals surface area contributed by atoms with Crippen LogP contribution in [-0.2, 0) is 6.54 Å². The molecule has 0 aliphatic rings. The quantitative estimate of drug-likeness (QED) is 0.680. The largest absolute Gasteiger partial charge is 0.333 e. The van der Waals surface area contributed by atoms with Gasteiger partial charge >= 0.3 is 0 Å². The van der Waals surface area contributed by atoms with Crippen molar-refractivity contribution in [2.75, 3.05) is 6.54 Å². The molecule has 2 heterocycles. The lowest BCUT2D eigenvalue weighted by Gasteiger charge is -2.20. The number of amides is 1. The molecule has 0 N–H and O–H groups in total. The predicted octanol–water partition coefficient (Wildman–Crippen LogP) is 4.61. The minimum atomic E-state index is -0.107. The maximum absolute atomic E-state index is 12.8. The molecule has 1 aromatic carbocycles. The van der Waals surface area contributed by atoms with E-state index < -0.39 is 0 Å². The maximum atomic E-state index is 12.8. The molecule has 3 rings (SSSR count). The molecule has 0 spiro atoms. The van der Waals surface area contributed by atoms with Gasteiger partial charge in [-0.2, -0.15) is 0 Å². The lowest BCUT2D eigenvalue weighted by molar-refractivity contribution is 0.0747. The first kappa shape index (κ1) is 16.8. The molecule has 0 unspecified atom stereocenters. The molecule has 1 amide bonds. The van der Waals surface area contributed by atoms with Crippen LogP contribution in [0.25, 0.3) is 5.65 Å². The van der Waals surface area contributed by atoms with Crippen LogP contribution in [-0.4, -0.2) is 26.7 Å². The van der Waals surface area contributed by atoms with Crippen LogP contribution in [0.2, 0.25) is 10.0 Å². The van der Waals surface area contributed by atoms with Crippen LogP contribution >= 0.6 is 23.2 Å². The second-order valence-corrected chi connectivity index (χ2v) is 6.48. The minimum absolute atomic E-state index is 0.107. The van der Waals surface area contributed by atoms with E-state index in [0.717, 1.165) is 16.8 Å². The Balaban J connectivity index is 1.85. The van der Waals surface area contributed by atoms with Gasteiger partial charge in [0.1, 0.15) is 11.3 Å². The zero-order valence-corrected chi connectivity index (χ0v) is 15.0. The van der Waals surface area contributed by atoms with Gasteiger partial charge in [-0.15, -0.1) is 0 Å². The highest BCUT2D eigenvalue weighted by molar-refractivity contribution is 6.42. The number of carbonyl (C=O) groups is 1. The Labute approximate surface area is 150 Å². The van der Waals surface area contributed by atoms with Gasteiger partial charge in [0.25, 0.3) is 5.91 Å². The summed E-state index contributed by atoms with van der Waals surface area (Å²) in [5.41, 5.74) is 3.24. The highest BCUT2D eigenvalue weighted by atomic mass is 35.5. The van der Waals surface area contributed by atoms with Crippen LogP contribution in [0.4, 0.5) is 0 Å². The van der Waals surface area contributed by atoms with E-state index in [1.54, 1.807) is 23.2 Å². The van der Waals surface area contributed by atoms with Crippen molar-refractivity contribution >= 4 is 34.8 Å². The summed E-state index contributed by atoms with van der Waals surface area (Å²) in [4.78, 5) is 18.9. The van der Waals surface area contributed by atoms with Gasteiger partial charge in [-0.25, -0.2) is 4.98 Å². The number of halogens is 2. The Morgan fingerprint density at radius 2 is 2.00 bits per heavy atom. The number of imidazole rings is 1. The van der Waals surface area contributed by atoms with Crippen LogP contribution in [0.3, 0.4) is 0 Å². The molecule has 0 atom stereocenters. The standard InChI is InChI=1S/C18H17Cl2N3O/c1-3-22(10-13-4-5-14(19)15(20)9-13)18(24)16-11-23-7-6-12(2)8-17(23)21-16/h4-9,11H,3,10H2,1-2H3. The van der Waals surface area contributed by atoms with Crippen molar-refractivity contribution in [3.63, 3.8) is 0 Å². The normalized spacial score (nSPS) is 11.0. The Morgan fingerprint density at radius 1 is 1.21 bits per heavy atom. The van der Waals surface area contributed by atoms with Crippen molar-refractivity contribution in [3.05, 3.63) is 69.6 Å². The summed E-state index contributed by atoms with van der Waals surface area (Å²) in [6.45, 7) is 4.97. The number of carbonyl (C=O) groups excluding carboxylic acids is 1. The molecule has 124 valence electrons. The van der Waals surface area contributed by atoms with E-state index in [1.165, 1.54) is 0 Å². The van der Waals surface area contributed by atoms with Gasteiger partial charge in [0.2, 0.25) is 0 Å². The number of rotatable bonds is 4. The van der Waals surface area contributed by atoms with E-state index in [0.29, 0.717) is 28.8 Å². The van der Waals surface area contributed by atoms with Crippen molar-refractivity contribution in [2.24, 2.45) is 0 Å². The first-order valence-corrected chi connectivity index (χ1v) is 8.42. The SMILES string of the molecule is CCN(Cc1ccc(Cl)c(Cl)c1)C(=O)c1cn2ccc(C)cc2n1. The molecule has 0 aliphatic heterocycles. The van der Waals surface area contributed by atoms with E-state index in [2.05, 4.69) is 4.98 Å². The van der Waals surface area contributed by atoms with Gasteiger partial charge in [-0.1, -0.05) is 29.3 Å². The van der Waals surface area contributed by atoms with Gasteiger partial charge < -0.3 is 9.30 Å². The van der Waals surface area contributed by atoms with E-state index in [9.17, 15) is 4.79 Å². The van der Waals surface area contributed by atoms with Gasteiger partial charge in [0.15, 0.2) is 0 Å². The molecule has 0 saturated heterocycles. The van der Waals surface area contributed by atoms with Crippen LogP contribution in [0, 0.1) is 6.92 Å². The summed E-state index contributed by atoms with van der Waals surface area (Å²) in [5.74, 6) is -0.107. The second kappa shape index (κ2) is 6.83. The molecule has 6 heteroatoms. The number of benzene rings is 1. The smallest absolute Gasteiger partial charge is 0.274 e. The van der Waals surface area contributed by atoms with Crippen LogP contribution in [0.1, 0.15) is 28.5 Å². The zero-order chi connectivity index (χ0) is 17.3. The van der Waals surface area contributed by atoms with Gasteiger partial charge in [0, 0.05) is 25.5 Å². The molecule has 0 bridgehead atoms. The van der Waals surface area contributed by atoms with E-state index in [4.69, 9.17) is 23.2 Å². The number of pyridine rings is 1. The van der Waals surface area contributed by atoms with Crippen molar-refractivity contribution < 1.29 is 4.79 Å². The summed E-state index contributed by atoms with van der Waals surface area (Å²) in [5, 5.41) is 0.992. The highest BCUT2D eigenvalue weighted by Crippen LogP contribution is 2.23. The van der Waals surface area contributed by atoms with E-state index in [-0.39, 0.29) is 5.91 Å². The van der Waals surface area contributed by atoms with Gasteiger partial charge in [-0.3, -0.25) is 4.79 Å². The lowest BCUT2D eigenvalue weighted by Crippen LogP contribution is -2.30. The maximum Gasteiger partial charge on any atom is 0.274 e. The number of aromatic nitrogens is 2. The van der Waals surface area contributed by atoms with Crippen LogP contribution in [0.15, 0.2) is 42.7 Å². The number of aryl methyl sites for hydroxylation is 1. The number of hydrogen-bond acceptors (Lipinski definition) is 2. The lowest BCUT2D eigenvalue weighted by atomic mass is 10.2. The monoisotopic (exact) mass is 361 g/mol. The van der Waals surface area contributed by atoms with E-state index in [1.807, 2.05) is 42.6 Å². The molecule has 0 fully saturated rings. The molecule has 0 aliphatic carbocycles. The summed E-state index contributed by atoms with van der Waals surface area (Å²) < 4.78 is 1.85. The fourth-order valence-electron chi connectivity index (χ4n) is 2.53. The molecule has 3 aromatic rings. The van der Waals surface area contributed by atoms with Gasteiger partial charge in [0.05, 0.1) is 10.0 Å². The predicted molar refractivity (Wildman–Crippen MR) is 96.8 cm³/mol. The highest BCUT2D eigenvalue weighted by Gasteiger charge is 2.18. The third-order valence-electron chi connectivity index (χ3n) is 3.86. The minimum Gasteiger partial charge on any atom is -0.333 e. The Hall–Kier alpha value is -2.04. The number of nitrogens with zero attached hydrogens (tertiary/aromatic N) is 3. The average Bonchev–Trinajstić information content (AvgIpc) is 2.98. The summed E-state index contributed by atoms with van der Waals surface area (Å²) >= 11 is 12.0. The van der Waals surface area contributed by atoms with E-state index >= 15 is 0 Å². The molecule has 24 heavy (non-hydrogen) atoms. The first-order valence-electron chi connectivity index (χ1n) is 7.66. The Bertz CT molecular complexity index is 904. The Kier molecular flexibility index (Phi) is 4.78. The summed E-state index contributed by atoms with van der Waals surface area (Å²) in [6, 6.07) is 9.33. The second-order valence-electron chi connectivity index (χ2n) is 5.66. The molecular formula is C18H17Cl2N3O. The summed E-state index contributed by atoms with van der Waals surface area (Å²) in [7, 11) is 0. The number of fused-ring (bicyclic) bond motifs is 1. The zero-order valence-electron chi connectivity index (χ0n) is 13.5. The third-order valence-corrected chi connectivity index (χ3v) is 4.60. The van der Waals surface area contributed by atoms with Crippen molar-refractivity contribution in [3.8, 4) is 0 Å². The van der Waals surface area contributed by atoms with Crippen molar-refractivity contribution in [2.45, 2.75) is 20.4 Å². The van der Waals surface area contributed by atoms with Crippen LogP contribution in [0.5, 0.6) is 0 Å². The third kappa shape index (κ3) is 3.40. The van der Waals surface area contributed by atoms with Crippen molar-refractivity contribution in [1.82, 2.24) is 14.3 Å². The molecule has 2 aromatic heterocycles. The van der Waals surface area contributed by atoms with Gasteiger partial charge in [-0.05, 0) is 49.2 Å². The topological polar surface area (TPSA) is 37.6 Å². The summed E-state index contributed by atoms with van der Waals surface area (Å²) in [6.07, 6.45) is 3.66. The Morgan fingerprint density at radius 3 is 2.71 bits per heavy atom. The fourth-order valence-corrected chi connectivity index (χ4v) is 2.86.